The van der Waals surface area contributed by atoms with Crippen molar-refractivity contribution in [3.63, 3.8) is 0 Å². The van der Waals surface area contributed by atoms with E-state index in [1.165, 1.54) is 0 Å². The van der Waals surface area contributed by atoms with Gasteiger partial charge in [-0.15, -0.1) is 0 Å². The molecule has 3 rings (SSSR count). The van der Waals surface area contributed by atoms with Crippen LogP contribution in [0, 0.1) is 0 Å². The lowest BCUT2D eigenvalue weighted by atomic mass is 9.98. The van der Waals surface area contributed by atoms with Crippen molar-refractivity contribution in [1.29, 1.82) is 0 Å². The quantitative estimate of drug-likeness (QED) is 0.831. The number of nitrogens with zero attached hydrogens (tertiary/aromatic N) is 1. The van der Waals surface area contributed by atoms with Crippen molar-refractivity contribution in [2.45, 2.75) is 12.1 Å². The zero-order valence-corrected chi connectivity index (χ0v) is 9.61. The lowest BCUT2D eigenvalue weighted by molar-refractivity contribution is -0.140. The number of ether oxygens (including phenoxy) is 1. The van der Waals surface area contributed by atoms with Crippen molar-refractivity contribution in [2.75, 3.05) is 0 Å². The van der Waals surface area contributed by atoms with E-state index in [2.05, 4.69) is 10.3 Å². The molecule has 0 unspecified atom stereocenters. The van der Waals surface area contributed by atoms with Crippen molar-refractivity contribution in [1.82, 2.24) is 10.3 Å². The molecular formula is C14H12N2O2. The Balaban J connectivity index is 1.77. The highest BCUT2D eigenvalue weighted by Crippen LogP contribution is 2.27. The molecule has 2 aromatic rings. The maximum absolute atomic E-state index is 11.6. The lowest BCUT2D eigenvalue weighted by Crippen LogP contribution is -2.58. The molecule has 1 aromatic heterocycles. The number of carbonyl (C=O) groups is 1. The number of hydrogen-bond donors (Lipinski definition) is 1. The summed E-state index contributed by atoms with van der Waals surface area (Å²) in [6, 6.07) is 14.8. The summed E-state index contributed by atoms with van der Waals surface area (Å²) in [4.78, 5) is 15.8. The third-order valence-corrected chi connectivity index (χ3v) is 2.87. The Morgan fingerprint density at radius 2 is 1.83 bits per heavy atom. The van der Waals surface area contributed by atoms with Gasteiger partial charge in [-0.1, -0.05) is 24.3 Å². The number of nitrogens with one attached hydrogen (secondary N) is 1. The van der Waals surface area contributed by atoms with Gasteiger partial charge in [0.1, 0.15) is 11.8 Å². The largest absolute Gasteiger partial charge is 0.478 e. The average Bonchev–Trinajstić information content (AvgIpc) is 2.44. The molecule has 2 atom stereocenters. The smallest absolute Gasteiger partial charge is 0.264 e. The molecule has 90 valence electrons. The van der Waals surface area contributed by atoms with Gasteiger partial charge in [-0.2, -0.15) is 0 Å². The summed E-state index contributed by atoms with van der Waals surface area (Å²) in [5.41, 5.74) is 0.818. The number of benzene rings is 1. The fourth-order valence-electron chi connectivity index (χ4n) is 1.92. The Kier molecular flexibility index (Phi) is 2.68. The van der Waals surface area contributed by atoms with E-state index >= 15 is 0 Å². The third kappa shape index (κ3) is 1.93. The number of rotatable bonds is 3. The van der Waals surface area contributed by atoms with Crippen LogP contribution >= 0.6 is 0 Å². The molecule has 0 bridgehead atoms. The highest BCUT2D eigenvalue weighted by Gasteiger charge is 2.43. The monoisotopic (exact) mass is 240 g/mol. The number of amides is 1. The van der Waals surface area contributed by atoms with Gasteiger partial charge in [-0.25, -0.2) is 0 Å². The van der Waals surface area contributed by atoms with Crippen LogP contribution in [0.1, 0.15) is 11.7 Å². The van der Waals surface area contributed by atoms with E-state index in [1.807, 2.05) is 48.5 Å². The number of β-lactam (4-membered cyclic amide) rings is 1. The van der Waals surface area contributed by atoms with Crippen molar-refractivity contribution in [3.8, 4) is 5.75 Å². The van der Waals surface area contributed by atoms with E-state index in [9.17, 15) is 4.79 Å². The van der Waals surface area contributed by atoms with Gasteiger partial charge in [0.25, 0.3) is 5.91 Å². The van der Waals surface area contributed by atoms with Crippen molar-refractivity contribution < 1.29 is 9.53 Å². The zero-order chi connectivity index (χ0) is 12.4. The Hall–Kier alpha value is -2.36. The molecule has 0 aliphatic carbocycles. The maximum Gasteiger partial charge on any atom is 0.264 e. The van der Waals surface area contributed by atoms with Gasteiger partial charge in [0.05, 0.1) is 5.69 Å². The standard InChI is InChI=1S/C14H12N2O2/c17-14-13(18-10-6-2-1-3-7-10)12(16-14)11-8-4-5-9-15-11/h1-9,12-13H,(H,16,17)/t12-,13+/m1/s1. The van der Waals surface area contributed by atoms with Gasteiger partial charge in [0, 0.05) is 6.20 Å². The van der Waals surface area contributed by atoms with E-state index < -0.39 is 6.10 Å². The molecule has 1 N–H and O–H groups in total. The second kappa shape index (κ2) is 4.49. The van der Waals surface area contributed by atoms with Crippen LogP contribution < -0.4 is 10.1 Å². The molecule has 1 fully saturated rings. The molecule has 1 saturated heterocycles. The minimum Gasteiger partial charge on any atom is -0.478 e. The van der Waals surface area contributed by atoms with Crippen LogP contribution in [-0.4, -0.2) is 17.0 Å². The molecule has 4 heteroatoms. The summed E-state index contributed by atoms with van der Waals surface area (Å²) < 4.78 is 5.68. The molecule has 4 nitrogen and oxygen atoms in total. The summed E-state index contributed by atoms with van der Waals surface area (Å²) >= 11 is 0. The molecule has 1 aliphatic heterocycles. The first-order valence-electron chi connectivity index (χ1n) is 5.77. The number of pyridine rings is 1. The molecular weight excluding hydrogens is 228 g/mol. The fourth-order valence-corrected chi connectivity index (χ4v) is 1.92. The Labute approximate surface area is 105 Å². The van der Waals surface area contributed by atoms with Crippen molar-refractivity contribution >= 4 is 5.91 Å². The highest BCUT2D eigenvalue weighted by atomic mass is 16.5. The van der Waals surface area contributed by atoms with E-state index in [-0.39, 0.29) is 11.9 Å². The number of aromatic nitrogens is 1. The minimum atomic E-state index is -0.498. The topological polar surface area (TPSA) is 51.2 Å². The van der Waals surface area contributed by atoms with E-state index in [4.69, 9.17) is 4.74 Å². The van der Waals surface area contributed by atoms with Crippen molar-refractivity contribution in [3.05, 3.63) is 60.4 Å². The lowest BCUT2D eigenvalue weighted by Gasteiger charge is -2.35. The third-order valence-electron chi connectivity index (χ3n) is 2.87. The minimum absolute atomic E-state index is 0.102. The van der Waals surface area contributed by atoms with Gasteiger partial charge >= 0.3 is 0 Å². The number of hydrogen-bond acceptors (Lipinski definition) is 3. The number of carbonyl (C=O) groups excluding carboxylic acids is 1. The van der Waals surface area contributed by atoms with E-state index in [0.29, 0.717) is 5.75 Å². The van der Waals surface area contributed by atoms with Crippen LogP contribution in [0.3, 0.4) is 0 Å². The van der Waals surface area contributed by atoms with Crippen LogP contribution in [0.4, 0.5) is 0 Å². The first-order chi connectivity index (χ1) is 8.84. The average molecular weight is 240 g/mol. The predicted octanol–water partition coefficient (Wildman–Crippen LogP) is 1.70. The van der Waals surface area contributed by atoms with E-state index in [0.717, 1.165) is 5.69 Å². The Bertz CT molecular complexity index is 542. The molecule has 18 heavy (non-hydrogen) atoms. The fraction of sp³-hybridized carbons (Fsp3) is 0.143. The summed E-state index contributed by atoms with van der Waals surface area (Å²) in [7, 11) is 0. The van der Waals surface area contributed by atoms with Crippen molar-refractivity contribution in [2.24, 2.45) is 0 Å². The summed E-state index contributed by atoms with van der Waals surface area (Å²) in [5.74, 6) is 0.591. The first-order valence-corrected chi connectivity index (χ1v) is 5.77. The first kappa shape index (κ1) is 10.8. The molecule has 1 aromatic carbocycles. The Morgan fingerprint density at radius 3 is 2.50 bits per heavy atom. The van der Waals surface area contributed by atoms with Crippen LogP contribution in [-0.2, 0) is 4.79 Å². The normalized spacial score (nSPS) is 21.9. The van der Waals surface area contributed by atoms with Gasteiger partial charge in [0.15, 0.2) is 0 Å². The predicted molar refractivity (Wildman–Crippen MR) is 66.0 cm³/mol. The van der Waals surface area contributed by atoms with Crippen LogP contribution in [0.5, 0.6) is 5.75 Å². The van der Waals surface area contributed by atoms with Crippen LogP contribution in [0.2, 0.25) is 0 Å². The van der Waals surface area contributed by atoms with Gasteiger partial charge < -0.3 is 10.1 Å². The second-order valence-corrected chi connectivity index (χ2v) is 4.09. The van der Waals surface area contributed by atoms with Gasteiger partial charge in [-0.05, 0) is 24.3 Å². The highest BCUT2D eigenvalue weighted by molar-refractivity contribution is 5.88. The van der Waals surface area contributed by atoms with E-state index in [1.54, 1.807) is 6.20 Å². The molecule has 2 heterocycles. The SMILES string of the molecule is O=C1N[C@H](c2ccccn2)[C@@H]1Oc1ccccc1. The van der Waals surface area contributed by atoms with Crippen LogP contribution in [0.25, 0.3) is 0 Å². The van der Waals surface area contributed by atoms with Gasteiger partial charge in [0.2, 0.25) is 6.10 Å². The molecule has 0 spiro atoms. The second-order valence-electron chi connectivity index (χ2n) is 4.09. The summed E-state index contributed by atoms with van der Waals surface area (Å²) in [6.07, 6.45) is 1.21. The van der Waals surface area contributed by atoms with Crippen LogP contribution in [0.15, 0.2) is 54.7 Å². The molecule has 0 radical (unpaired) electrons. The van der Waals surface area contributed by atoms with Gasteiger partial charge in [-0.3, -0.25) is 9.78 Å². The maximum atomic E-state index is 11.6. The summed E-state index contributed by atoms with van der Waals surface area (Å²) in [6.45, 7) is 0. The molecule has 1 amide bonds. The number of para-hydroxylation sites is 1. The molecule has 1 aliphatic rings. The Morgan fingerprint density at radius 1 is 1.06 bits per heavy atom. The zero-order valence-electron chi connectivity index (χ0n) is 9.61. The molecule has 0 saturated carbocycles. The summed E-state index contributed by atoms with van der Waals surface area (Å²) in [5, 5.41) is 2.80.